The fourth-order valence-corrected chi connectivity index (χ4v) is 2.18. The molecule has 1 rings (SSSR count). The predicted molar refractivity (Wildman–Crippen MR) is 58.8 cm³/mol. The van der Waals surface area contributed by atoms with E-state index in [9.17, 15) is 0 Å². The van der Waals surface area contributed by atoms with Crippen LogP contribution in [0.25, 0.3) is 0 Å². The second-order valence-electron chi connectivity index (χ2n) is 4.76. The molecule has 1 nitrogen and oxygen atoms in total. The molecule has 0 aromatic carbocycles. The van der Waals surface area contributed by atoms with Crippen LogP contribution in [0.1, 0.15) is 26.7 Å². The summed E-state index contributed by atoms with van der Waals surface area (Å²) in [5.41, 5.74) is 0.561. The monoisotopic (exact) mass is 179 g/mol. The van der Waals surface area contributed by atoms with Crippen molar-refractivity contribution < 1.29 is 0 Å². The Morgan fingerprint density at radius 3 is 2.00 bits per heavy atom. The molecule has 0 N–H and O–H groups in total. The highest BCUT2D eigenvalue weighted by molar-refractivity contribution is 4.96. The van der Waals surface area contributed by atoms with Crippen molar-refractivity contribution in [3.8, 4) is 0 Å². The highest BCUT2D eigenvalue weighted by Crippen LogP contribution is 2.42. The first-order valence-corrected chi connectivity index (χ1v) is 5.05. The minimum Gasteiger partial charge on any atom is -0.293 e. The number of hydrogen-bond acceptors (Lipinski definition) is 1. The molecule has 0 spiro atoms. The number of nitrogens with zero attached hydrogens (tertiary/aromatic N) is 1. The summed E-state index contributed by atoms with van der Waals surface area (Å²) in [7, 11) is 0. The molecule has 74 valence electrons. The average molecular weight is 179 g/mol. The summed E-state index contributed by atoms with van der Waals surface area (Å²) in [6.45, 7) is 14.2. The molecule has 13 heavy (non-hydrogen) atoms. The van der Waals surface area contributed by atoms with Gasteiger partial charge in [0.15, 0.2) is 0 Å². The molecule has 0 aromatic rings. The van der Waals surface area contributed by atoms with Gasteiger partial charge in [0, 0.05) is 19.1 Å². The van der Waals surface area contributed by atoms with E-state index in [0.29, 0.717) is 5.41 Å². The molecule has 0 bridgehead atoms. The molecule has 0 saturated heterocycles. The van der Waals surface area contributed by atoms with E-state index in [1.54, 1.807) is 0 Å². The van der Waals surface area contributed by atoms with Gasteiger partial charge in [0.1, 0.15) is 0 Å². The fourth-order valence-electron chi connectivity index (χ4n) is 2.18. The van der Waals surface area contributed by atoms with Gasteiger partial charge < -0.3 is 0 Å². The molecule has 0 aliphatic heterocycles. The van der Waals surface area contributed by atoms with E-state index in [0.717, 1.165) is 19.1 Å². The Bertz CT molecular complexity index is 175. The zero-order valence-electron chi connectivity index (χ0n) is 8.92. The molecule has 0 unspecified atom stereocenters. The van der Waals surface area contributed by atoms with Gasteiger partial charge in [-0.2, -0.15) is 0 Å². The first-order valence-electron chi connectivity index (χ1n) is 5.05. The Hall–Kier alpha value is -0.560. The number of hydrogen-bond donors (Lipinski definition) is 0. The highest BCUT2D eigenvalue weighted by atomic mass is 15.2. The molecule has 0 radical (unpaired) electrons. The normalized spacial score (nSPS) is 21.2. The Labute approximate surface area is 82.1 Å². The van der Waals surface area contributed by atoms with Crippen LogP contribution < -0.4 is 0 Å². The van der Waals surface area contributed by atoms with Crippen LogP contribution in [0, 0.1) is 5.41 Å². The van der Waals surface area contributed by atoms with Crippen LogP contribution in [0.3, 0.4) is 0 Å². The maximum Gasteiger partial charge on any atom is 0.0166 e. The van der Waals surface area contributed by atoms with Crippen LogP contribution in [-0.4, -0.2) is 24.0 Å². The summed E-state index contributed by atoms with van der Waals surface area (Å²) in [5.74, 6) is 0. The van der Waals surface area contributed by atoms with Crippen molar-refractivity contribution in [3.05, 3.63) is 25.3 Å². The third-order valence-corrected chi connectivity index (χ3v) is 2.82. The maximum absolute atomic E-state index is 3.78. The van der Waals surface area contributed by atoms with Gasteiger partial charge in [-0.3, -0.25) is 4.90 Å². The average Bonchev–Trinajstić information content (AvgIpc) is 2.00. The van der Waals surface area contributed by atoms with Crippen molar-refractivity contribution >= 4 is 0 Å². The fraction of sp³-hybridized carbons (Fsp3) is 0.667. The van der Waals surface area contributed by atoms with Gasteiger partial charge in [0.25, 0.3) is 0 Å². The quantitative estimate of drug-likeness (QED) is 0.587. The Morgan fingerprint density at radius 1 is 1.23 bits per heavy atom. The van der Waals surface area contributed by atoms with Gasteiger partial charge in [-0.15, -0.1) is 13.2 Å². The van der Waals surface area contributed by atoms with Gasteiger partial charge in [0.05, 0.1) is 0 Å². The van der Waals surface area contributed by atoms with Gasteiger partial charge in [-0.25, -0.2) is 0 Å². The van der Waals surface area contributed by atoms with Crippen molar-refractivity contribution in [1.82, 2.24) is 4.90 Å². The van der Waals surface area contributed by atoms with Crippen molar-refractivity contribution in [1.29, 1.82) is 0 Å². The number of rotatable bonds is 5. The molecule has 1 fully saturated rings. The van der Waals surface area contributed by atoms with Gasteiger partial charge in [0.2, 0.25) is 0 Å². The van der Waals surface area contributed by atoms with Crippen LogP contribution in [0.4, 0.5) is 0 Å². The zero-order valence-corrected chi connectivity index (χ0v) is 8.92. The molecule has 1 saturated carbocycles. The van der Waals surface area contributed by atoms with Gasteiger partial charge in [-0.1, -0.05) is 26.0 Å². The van der Waals surface area contributed by atoms with Crippen molar-refractivity contribution in [2.45, 2.75) is 32.7 Å². The Kier molecular flexibility index (Phi) is 3.32. The summed E-state index contributed by atoms with van der Waals surface area (Å²) >= 11 is 0. The third kappa shape index (κ3) is 2.70. The molecule has 1 aliphatic carbocycles. The first kappa shape index (κ1) is 10.5. The zero-order chi connectivity index (χ0) is 9.90. The van der Waals surface area contributed by atoms with Crippen LogP contribution in [0.5, 0.6) is 0 Å². The summed E-state index contributed by atoms with van der Waals surface area (Å²) in [5, 5.41) is 0. The molecule has 0 amide bonds. The van der Waals surface area contributed by atoms with Gasteiger partial charge >= 0.3 is 0 Å². The Balaban J connectivity index is 2.39. The SMILES string of the molecule is C=CCN(CC=C)C1CC(C)(C)C1. The lowest BCUT2D eigenvalue weighted by atomic mass is 9.68. The van der Waals surface area contributed by atoms with E-state index in [1.165, 1.54) is 12.8 Å². The summed E-state index contributed by atoms with van der Waals surface area (Å²) in [6.07, 6.45) is 6.59. The summed E-state index contributed by atoms with van der Waals surface area (Å²) in [4.78, 5) is 2.45. The smallest absolute Gasteiger partial charge is 0.0166 e. The lowest BCUT2D eigenvalue weighted by Crippen LogP contribution is -2.48. The van der Waals surface area contributed by atoms with E-state index in [4.69, 9.17) is 0 Å². The Morgan fingerprint density at radius 2 is 1.69 bits per heavy atom. The van der Waals surface area contributed by atoms with Gasteiger partial charge in [-0.05, 0) is 18.3 Å². The highest BCUT2D eigenvalue weighted by Gasteiger charge is 2.38. The molecular weight excluding hydrogens is 158 g/mol. The minimum absolute atomic E-state index is 0.561. The van der Waals surface area contributed by atoms with Crippen LogP contribution in [0.15, 0.2) is 25.3 Å². The molecule has 0 heterocycles. The third-order valence-electron chi connectivity index (χ3n) is 2.82. The molecule has 1 aliphatic rings. The second-order valence-corrected chi connectivity index (χ2v) is 4.76. The predicted octanol–water partition coefficient (Wildman–Crippen LogP) is 2.85. The van der Waals surface area contributed by atoms with Crippen LogP contribution in [0.2, 0.25) is 0 Å². The second kappa shape index (κ2) is 4.10. The lowest BCUT2D eigenvalue weighted by molar-refractivity contribution is 0.0398. The van der Waals surface area contributed by atoms with E-state index < -0.39 is 0 Å². The van der Waals surface area contributed by atoms with E-state index in [2.05, 4.69) is 31.9 Å². The van der Waals surface area contributed by atoms with E-state index >= 15 is 0 Å². The maximum atomic E-state index is 3.78. The topological polar surface area (TPSA) is 3.24 Å². The molecule has 1 heteroatoms. The van der Waals surface area contributed by atoms with Crippen molar-refractivity contribution in [3.63, 3.8) is 0 Å². The van der Waals surface area contributed by atoms with E-state index in [-0.39, 0.29) is 0 Å². The molecule has 0 aromatic heterocycles. The minimum atomic E-state index is 0.561. The van der Waals surface area contributed by atoms with Crippen LogP contribution >= 0.6 is 0 Å². The summed E-state index contributed by atoms with van der Waals surface area (Å²) in [6, 6.07) is 0.756. The summed E-state index contributed by atoms with van der Waals surface area (Å²) < 4.78 is 0. The lowest BCUT2D eigenvalue weighted by Gasteiger charge is -2.48. The molecule has 0 atom stereocenters. The van der Waals surface area contributed by atoms with Crippen molar-refractivity contribution in [2.24, 2.45) is 5.41 Å². The largest absolute Gasteiger partial charge is 0.293 e. The molecular formula is C12H21N. The van der Waals surface area contributed by atoms with Crippen LogP contribution in [-0.2, 0) is 0 Å². The first-order chi connectivity index (χ1) is 6.09. The van der Waals surface area contributed by atoms with E-state index in [1.807, 2.05) is 12.2 Å². The van der Waals surface area contributed by atoms with Crippen molar-refractivity contribution in [2.75, 3.05) is 13.1 Å². The standard InChI is InChI=1S/C12H21N/c1-5-7-13(8-6-2)11-9-12(3,4)10-11/h5-6,11H,1-2,7-10H2,3-4H3.